The van der Waals surface area contributed by atoms with Gasteiger partial charge in [-0.2, -0.15) is 0 Å². The van der Waals surface area contributed by atoms with Gasteiger partial charge in [0.25, 0.3) is 10.0 Å². The third kappa shape index (κ3) is 4.71. The lowest BCUT2D eigenvalue weighted by molar-refractivity contribution is 0.591. The number of anilines is 2. The van der Waals surface area contributed by atoms with Crippen molar-refractivity contribution in [3.63, 3.8) is 0 Å². The minimum atomic E-state index is -3.70. The lowest BCUT2D eigenvalue weighted by Gasteiger charge is -2.24. The lowest BCUT2D eigenvalue weighted by atomic mass is 10.2. The molecule has 0 N–H and O–H groups in total. The van der Waals surface area contributed by atoms with Crippen molar-refractivity contribution in [3.8, 4) is 0 Å². The van der Waals surface area contributed by atoms with Crippen LogP contribution in [0, 0.1) is 6.92 Å². The third-order valence-corrected chi connectivity index (χ3v) is 6.89. The van der Waals surface area contributed by atoms with E-state index in [0.717, 1.165) is 11.3 Å². The highest BCUT2D eigenvalue weighted by Gasteiger charge is 2.25. The topological polar surface area (TPSA) is 53.0 Å². The zero-order valence-electron chi connectivity index (χ0n) is 17.8. The Bertz CT molecular complexity index is 1120. The highest BCUT2D eigenvalue weighted by atomic mass is 32.2. The number of benzene rings is 3. The Morgan fingerprint density at radius 1 is 0.900 bits per heavy atom. The van der Waals surface area contributed by atoms with E-state index in [4.69, 9.17) is 0 Å². The molecule has 3 aromatic rings. The Hall–Kier alpha value is -3.12. The minimum Gasteiger partial charge on any atom is -0.378 e. The summed E-state index contributed by atoms with van der Waals surface area (Å²) in [6, 6.07) is 22.4. The molecule has 0 saturated heterocycles. The monoisotopic (exact) mass is 421 g/mol. The van der Waals surface area contributed by atoms with Crippen LogP contribution in [0.15, 0.2) is 82.7 Å². The average molecular weight is 422 g/mol. The molecule has 0 radical (unpaired) electrons. The lowest BCUT2D eigenvalue weighted by Crippen LogP contribution is -2.31. The molecule has 3 aromatic carbocycles. The summed E-state index contributed by atoms with van der Waals surface area (Å²) in [4.78, 5) is 6.80. The SMILES string of the molecule is CCN(c1ccccc1)S(=O)(=O)c1cc(N=Cc2ccc(N(C)C)cc2)ccc1C. The molecule has 0 amide bonds. The zero-order chi connectivity index (χ0) is 21.7. The largest absolute Gasteiger partial charge is 0.378 e. The number of aryl methyl sites for hydroxylation is 1. The molecule has 0 heterocycles. The maximum atomic E-state index is 13.4. The summed E-state index contributed by atoms with van der Waals surface area (Å²) in [5.74, 6) is 0. The Labute approximate surface area is 179 Å². The summed E-state index contributed by atoms with van der Waals surface area (Å²) in [6.07, 6.45) is 1.75. The number of hydrogen-bond acceptors (Lipinski definition) is 4. The van der Waals surface area contributed by atoms with E-state index < -0.39 is 10.0 Å². The summed E-state index contributed by atoms with van der Waals surface area (Å²) in [7, 11) is 0.283. The van der Waals surface area contributed by atoms with Crippen molar-refractivity contribution in [2.45, 2.75) is 18.7 Å². The fourth-order valence-corrected chi connectivity index (χ4v) is 4.88. The molecule has 0 bridgehead atoms. The molecule has 0 fully saturated rings. The average Bonchev–Trinajstić information content (AvgIpc) is 2.74. The van der Waals surface area contributed by atoms with Crippen LogP contribution in [0.25, 0.3) is 0 Å². The normalized spacial score (nSPS) is 11.6. The molecule has 0 aromatic heterocycles. The fraction of sp³-hybridized carbons (Fsp3) is 0.208. The van der Waals surface area contributed by atoms with Gasteiger partial charge in [-0.25, -0.2) is 8.42 Å². The first-order valence-electron chi connectivity index (χ1n) is 9.83. The molecule has 0 aliphatic heterocycles. The highest BCUT2D eigenvalue weighted by Crippen LogP contribution is 2.28. The number of sulfonamides is 1. The number of nitrogens with zero attached hydrogens (tertiary/aromatic N) is 3. The first-order valence-corrected chi connectivity index (χ1v) is 11.3. The summed E-state index contributed by atoms with van der Waals surface area (Å²) < 4.78 is 28.2. The second-order valence-corrected chi connectivity index (χ2v) is 9.03. The molecule has 6 heteroatoms. The Morgan fingerprint density at radius 3 is 2.17 bits per heavy atom. The summed E-state index contributed by atoms with van der Waals surface area (Å²) in [6.45, 7) is 3.98. The molecule has 5 nitrogen and oxygen atoms in total. The van der Waals surface area contributed by atoms with E-state index in [9.17, 15) is 8.42 Å². The molecular formula is C24H27N3O2S. The number of para-hydroxylation sites is 1. The molecule has 0 unspecified atom stereocenters. The van der Waals surface area contributed by atoms with Gasteiger partial charge in [-0.3, -0.25) is 9.30 Å². The summed E-state index contributed by atoms with van der Waals surface area (Å²) in [5, 5.41) is 0. The van der Waals surface area contributed by atoms with Crippen molar-refractivity contribution >= 4 is 33.3 Å². The number of hydrogen-bond donors (Lipinski definition) is 0. The van der Waals surface area contributed by atoms with E-state index in [0.29, 0.717) is 23.5 Å². The quantitative estimate of drug-likeness (QED) is 0.503. The fourth-order valence-electron chi connectivity index (χ4n) is 3.16. The summed E-state index contributed by atoms with van der Waals surface area (Å²) in [5.41, 5.74) is 3.99. The summed E-state index contributed by atoms with van der Waals surface area (Å²) >= 11 is 0. The Balaban J connectivity index is 1.92. The van der Waals surface area contributed by atoms with Crippen LogP contribution in [0.1, 0.15) is 18.1 Å². The van der Waals surface area contributed by atoms with Gasteiger partial charge in [0.1, 0.15) is 0 Å². The van der Waals surface area contributed by atoms with Gasteiger partial charge in [0.05, 0.1) is 16.3 Å². The standard InChI is InChI=1S/C24H27N3O2S/c1-5-27(23-9-7-6-8-10-23)30(28,29)24-17-21(14-11-19(24)2)25-18-20-12-15-22(16-13-20)26(3)4/h6-18H,5H2,1-4H3. The van der Waals surface area contributed by atoms with Crippen molar-refractivity contribution in [3.05, 3.63) is 83.9 Å². The van der Waals surface area contributed by atoms with E-state index in [1.165, 1.54) is 4.31 Å². The van der Waals surface area contributed by atoms with E-state index in [1.807, 2.05) is 74.4 Å². The van der Waals surface area contributed by atoms with Crippen molar-refractivity contribution in [2.24, 2.45) is 4.99 Å². The molecular weight excluding hydrogens is 394 g/mol. The maximum Gasteiger partial charge on any atom is 0.264 e. The van der Waals surface area contributed by atoms with E-state index in [2.05, 4.69) is 4.99 Å². The first kappa shape index (κ1) is 21.6. The van der Waals surface area contributed by atoms with Gasteiger partial charge in [0.15, 0.2) is 0 Å². The van der Waals surface area contributed by atoms with Gasteiger partial charge in [0.2, 0.25) is 0 Å². The van der Waals surface area contributed by atoms with Gasteiger partial charge >= 0.3 is 0 Å². The Morgan fingerprint density at radius 2 is 1.57 bits per heavy atom. The first-order chi connectivity index (χ1) is 14.3. The predicted molar refractivity (Wildman–Crippen MR) is 126 cm³/mol. The second kappa shape index (κ2) is 9.13. The second-order valence-electron chi connectivity index (χ2n) is 7.20. The molecule has 3 rings (SSSR count). The minimum absolute atomic E-state index is 0.269. The van der Waals surface area contributed by atoms with Crippen LogP contribution < -0.4 is 9.21 Å². The molecule has 156 valence electrons. The Kier molecular flexibility index (Phi) is 6.57. The van der Waals surface area contributed by atoms with Crippen LogP contribution in [0.4, 0.5) is 17.1 Å². The van der Waals surface area contributed by atoms with Crippen LogP contribution in [0.3, 0.4) is 0 Å². The van der Waals surface area contributed by atoms with Crippen molar-refractivity contribution < 1.29 is 8.42 Å². The maximum absolute atomic E-state index is 13.4. The van der Waals surface area contributed by atoms with Crippen LogP contribution in [0.2, 0.25) is 0 Å². The predicted octanol–water partition coefficient (Wildman–Crippen LogP) is 5.03. The van der Waals surface area contributed by atoms with Gasteiger partial charge in [-0.15, -0.1) is 0 Å². The van der Waals surface area contributed by atoms with Crippen LogP contribution in [0.5, 0.6) is 0 Å². The molecule has 0 aliphatic carbocycles. The third-order valence-electron chi connectivity index (χ3n) is 4.84. The highest BCUT2D eigenvalue weighted by molar-refractivity contribution is 7.92. The smallest absolute Gasteiger partial charge is 0.264 e. The number of aliphatic imine (C=N–C) groups is 1. The molecule has 0 spiro atoms. The van der Waals surface area contributed by atoms with Gasteiger partial charge < -0.3 is 4.90 Å². The van der Waals surface area contributed by atoms with Crippen molar-refractivity contribution in [1.29, 1.82) is 0 Å². The molecule has 0 aliphatic rings. The molecule has 0 saturated carbocycles. The zero-order valence-corrected chi connectivity index (χ0v) is 18.6. The molecule has 0 atom stereocenters. The van der Waals surface area contributed by atoms with E-state index >= 15 is 0 Å². The van der Waals surface area contributed by atoms with Crippen LogP contribution in [-0.4, -0.2) is 35.3 Å². The van der Waals surface area contributed by atoms with E-state index in [1.54, 1.807) is 37.4 Å². The van der Waals surface area contributed by atoms with Crippen molar-refractivity contribution in [1.82, 2.24) is 0 Å². The van der Waals surface area contributed by atoms with Crippen molar-refractivity contribution in [2.75, 3.05) is 29.8 Å². The van der Waals surface area contributed by atoms with Gasteiger partial charge in [-0.05, 0) is 61.4 Å². The number of rotatable bonds is 7. The van der Waals surface area contributed by atoms with Gasteiger partial charge in [-0.1, -0.05) is 36.4 Å². The van der Waals surface area contributed by atoms with Crippen LogP contribution >= 0.6 is 0 Å². The van der Waals surface area contributed by atoms with Gasteiger partial charge in [0, 0.05) is 32.5 Å². The molecule has 30 heavy (non-hydrogen) atoms. The van der Waals surface area contributed by atoms with Crippen LogP contribution in [-0.2, 0) is 10.0 Å². The van der Waals surface area contributed by atoms with E-state index in [-0.39, 0.29) is 4.90 Å².